The Bertz CT molecular complexity index is 752. The van der Waals surface area contributed by atoms with E-state index in [-0.39, 0.29) is 30.5 Å². The Balaban J connectivity index is 1.75. The first-order chi connectivity index (χ1) is 12.6. The Morgan fingerprint density at radius 3 is 2.35 bits per heavy atom. The highest BCUT2D eigenvalue weighted by molar-refractivity contribution is 5.77. The molecule has 0 saturated heterocycles. The summed E-state index contributed by atoms with van der Waals surface area (Å²) in [5.74, 6) is -1.29. The number of carbonyl (C=O) groups excluding carboxylic acids is 1. The zero-order valence-corrected chi connectivity index (χ0v) is 14.8. The minimum absolute atomic E-state index is 0.0215. The third kappa shape index (κ3) is 4.21. The average Bonchev–Trinajstić information content (AvgIpc) is 3.15. The molecule has 0 unspecified atom stereocenters. The summed E-state index contributed by atoms with van der Waals surface area (Å²) < 4.78 is 28.1. The van der Waals surface area contributed by atoms with Gasteiger partial charge in [-0.2, -0.15) is 0 Å². The zero-order valence-electron chi connectivity index (χ0n) is 14.8. The molecule has 26 heavy (non-hydrogen) atoms. The fourth-order valence-electron chi connectivity index (χ4n) is 3.64. The number of hydrogen-bond acceptors (Lipinski definition) is 2. The minimum atomic E-state index is -0.604. The maximum Gasteiger partial charge on any atom is 0.223 e. The second-order valence-corrected chi connectivity index (χ2v) is 6.86. The topological polar surface area (TPSA) is 46.3 Å². The fourth-order valence-corrected chi connectivity index (χ4v) is 3.64. The Hall–Kier alpha value is -2.43. The van der Waals surface area contributed by atoms with Gasteiger partial charge in [-0.25, -0.2) is 8.78 Å². The first kappa shape index (κ1) is 18.4. The number of halogens is 2. The van der Waals surface area contributed by atoms with Crippen molar-refractivity contribution >= 4 is 11.6 Å². The van der Waals surface area contributed by atoms with Crippen molar-refractivity contribution < 1.29 is 13.6 Å². The van der Waals surface area contributed by atoms with Gasteiger partial charge in [0.15, 0.2) is 0 Å². The van der Waals surface area contributed by atoms with E-state index in [1.54, 1.807) is 4.90 Å². The lowest BCUT2D eigenvalue weighted by Crippen LogP contribution is -2.39. The Kier molecular flexibility index (Phi) is 5.86. The summed E-state index contributed by atoms with van der Waals surface area (Å²) >= 11 is 0. The molecule has 1 aliphatic carbocycles. The number of nitrogen functional groups attached to an aromatic ring is 1. The largest absolute Gasteiger partial charge is 0.399 e. The van der Waals surface area contributed by atoms with Gasteiger partial charge in [0.25, 0.3) is 0 Å². The van der Waals surface area contributed by atoms with Crippen molar-refractivity contribution in [3.63, 3.8) is 0 Å². The quantitative estimate of drug-likeness (QED) is 0.776. The molecule has 1 amide bonds. The van der Waals surface area contributed by atoms with Crippen LogP contribution in [0.1, 0.15) is 43.2 Å². The summed E-state index contributed by atoms with van der Waals surface area (Å²) in [7, 11) is 0. The van der Waals surface area contributed by atoms with Crippen LogP contribution in [0.3, 0.4) is 0 Å². The smallest absolute Gasteiger partial charge is 0.223 e. The van der Waals surface area contributed by atoms with Gasteiger partial charge in [0.2, 0.25) is 5.91 Å². The second kappa shape index (κ2) is 8.30. The normalized spacial score (nSPS) is 14.5. The van der Waals surface area contributed by atoms with E-state index in [1.807, 2.05) is 24.3 Å². The van der Waals surface area contributed by atoms with Gasteiger partial charge in [-0.3, -0.25) is 4.79 Å². The molecule has 2 aromatic carbocycles. The van der Waals surface area contributed by atoms with Crippen LogP contribution < -0.4 is 5.73 Å². The molecule has 3 rings (SSSR count). The number of anilines is 1. The monoisotopic (exact) mass is 358 g/mol. The number of para-hydroxylation sites is 1. The van der Waals surface area contributed by atoms with Crippen molar-refractivity contribution in [2.75, 3.05) is 5.73 Å². The van der Waals surface area contributed by atoms with E-state index in [9.17, 15) is 13.6 Å². The predicted molar refractivity (Wildman–Crippen MR) is 98.3 cm³/mol. The van der Waals surface area contributed by atoms with Crippen molar-refractivity contribution in [2.45, 2.75) is 51.1 Å². The molecule has 1 saturated carbocycles. The number of carbonyl (C=O) groups is 1. The molecule has 1 aliphatic rings. The number of nitrogens with two attached hydrogens (primary N) is 1. The zero-order chi connectivity index (χ0) is 18.5. The van der Waals surface area contributed by atoms with Gasteiger partial charge in [0.05, 0.1) is 6.54 Å². The third-order valence-corrected chi connectivity index (χ3v) is 5.14. The lowest BCUT2D eigenvalue weighted by Gasteiger charge is -2.29. The molecule has 0 radical (unpaired) electrons. The molecule has 2 N–H and O–H groups in total. The van der Waals surface area contributed by atoms with Crippen LogP contribution in [-0.2, 0) is 17.8 Å². The molecule has 0 heterocycles. The Labute approximate surface area is 152 Å². The van der Waals surface area contributed by atoms with Crippen LogP contribution in [0.15, 0.2) is 42.5 Å². The summed E-state index contributed by atoms with van der Waals surface area (Å²) in [5.41, 5.74) is 7.49. The van der Waals surface area contributed by atoms with Crippen LogP contribution in [-0.4, -0.2) is 16.8 Å². The highest BCUT2D eigenvalue weighted by Gasteiger charge is 2.28. The molecule has 0 spiro atoms. The van der Waals surface area contributed by atoms with Crippen LogP contribution in [0, 0.1) is 11.6 Å². The van der Waals surface area contributed by atoms with E-state index in [0.717, 1.165) is 31.2 Å². The molecule has 1 fully saturated rings. The molecule has 138 valence electrons. The standard InChI is InChI=1S/C21H24F2N2O/c22-18-9-5-10-19(23)17(18)14-25(16-7-2-3-8-16)21(26)13-12-15-6-1-4-11-20(15)24/h1,4-6,9-11,16H,2-3,7-8,12-14,24H2. The van der Waals surface area contributed by atoms with Crippen LogP contribution in [0.5, 0.6) is 0 Å². The minimum Gasteiger partial charge on any atom is -0.399 e. The molecule has 5 heteroatoms. The highest BCUT2D eigenvalue weighted by atomic mass is 19.1. The van der Waals surface area contributed by atoms with Gasteiger partial charge in [-0.15, -0.1) is 0 Å². The van der Waals surface area contributed by atoms with Crippen molar-refractivity contribution in [1.29, 1.82) is 0 Å². The number of aryl methyl sites for hydroxylation is 1. The summed E-state index contributed by atoms with van der Waals surface area (Å²) in [6, 6.07) is 11.3. The maximum atomic E-state index is 14.1. The number of hydrogen-bond donors (Lipinski definition) is 1. The first-order valence-electron chi connectivity index (χ1n) is 9.12. The van der Waals surface area contributed by atoms with Crippen molar-refractivity contribution in [1.82, 2.24) is 4.90 Å². The summed E-state index contributed by atoms with van der Waals surface area (Å²) in [5, 5.41) is 0. The predicted octanol–water partition coefficient (Wildman–Crippen LogP) is 4.45. The molecular formula is C21H24F2N2O. The van der Waals surface area contributed by atoms with Crippen molar-refractivity contribution in [3.8, 4) is 0 Å². The first-order valence-corrected chi connectivity index (χ1v) is 9.12. The molecule has 0 aromatic heterocycles. The Morgan fingerprint density at radius 2 is 1.69 bits per heavy atom. The number of nitrogens with zero attached hydrogens (tertiary/aromatic N) is 1. The van der Waals surface area contributed by atoms with Crippen molar-refractivity contribution in [2.24, 2.45) is 0 Å². The van der Waals surface area contributed by atoms with Gasteiger partial charge in [-0.05, 0) is 43.0 Å². The van der Waals surface area contributed by atoms with Crippen LogP contribution in [0.4, 0.5) is 14.5 Å². The maximum absolute atomic E-state index is 14.1. The van der Waals surface area contributed by atoms with E-state index in [1.165, 1.54) is 18.2 Å². The SMILES string of the molecule is Nc1ccccc1CCC(=O)N(Cc1c(F)cccc1F)C1CCCC1. The summed E-state index contributed by atoms with van der Waals surface area (Å²) in [4.78, 5) is 14.5. The van der Waals surface area contributed by atoms with Crippen molar-refractivity contribution in [3.05, 3.63) is 65.2 Å². The fraction of sp³-hybridized carbons (Fsp3) is 0.381. The van der Waals surface area contributed by atoms with E-state index in [0.29, 0.717) is 12.1 Å². The van der Waals surface area contributed by atoms with E-state index in [4.69, 9.17) is 5.73 Å². The van der Waals surface area contributed by atoms with Gasteiger partial charge in [-0.1, -0.05) is 37.1 Å². The van der Waals surface area contributed by atoms with Gasteiger partial charge >= 0.3 is 0 Å². The molecule has 2 aromatic rings. The molecule has 0 atom stereocenters. The van der Waals surface area contributed by atoms with Gasteiger partial charge < -0.3 is 10.6 Å². The number of benzene rings is 2. The third-order valence-electron chi connectivity index (χ3n) is 5.14. The average molecular weight is 358 g/mol. The number of amides is 1. The molecule has 0 bridgehead atoms. The van der Waals surface area contributed by atoms with E-state index in [2.05, 4.69) is 0 Å². The van der Waals surface area contributed by atoms with E-state index >= 15 is 0 Å². The molecular weight excluding hydrogens is 334 g/mol. The molecule has 3 nitrogen and oxygen atoms in total. The van der Waals surface area contributed by atoms with E-state index < -0.39 is 11.6 Å². The Morgan fingerprint density at radius 1 is 1.04 bits per heavy atom. The van der Waals surface area contributed by atoms with Gasteiger partial charge in [0.1, 0.15) is 11.6 Å². The van der Waals surface area contributed by atoms with Gasteiger partial charge in [0, 0.05) is 23.7 Å². The molecule has 0 aliphatic heterocycles. The lowest BCUT2D eigenvalue weighted by atomic mass is 10.1. The van der Waals surface area contributed by atoms with Crippen LogP contribution in [0.2, 0.25) is 0 Å². The highest BCUT2D eigenvalue weighted by Crippen LogP contribution is 2.27. The summed E-state index contributed by atoms with van der Waals surface area (Å²) in [6.07, 6.45) is 4.65. The lowest BCUT2D eigenvalue weighted by molar-refractivity contribution is -0.134. The summed E-state index contributed by atoms with van der Waals surface area (Å²) in [6.45, 7) is -0.0215. The second-order valence-electron chi connectivity index (χ2n) is 6.86. The number of rotatable bonds is 6. The van der Waals surface area contributed by atoms with Crippen LogP contribution in [0.25, 0.3) is 0 Å². The van der Waals surface area contributed by atoms with Crippen LogP contribution >= 0.6 is 0 Å².